The van der Waals surface area contributed by atoms with Crippen molar-refractivity contribution in [2.45, 2.75) is 0 Å². The van der Waals surface area contributed by atoms with E-state index in [-0.39, 0.29) is 0 Å². The normalized spacial score (nSPS) is 11.0. The van der Waals surface area contributed by atoms with Gasteiger partial charge in [-0.1, -0.05) is 35.3 Å². The summed E-state index contributed by atoms with van der Waals surface area (Å²) < 4.78 is 1.04. The topological polar surface area (TPSA) is 38.9 Å². The van der Waals surface area contributed by atoms with E-state index in [0.29, 0.717) is 10.0 Å². The van der Waals surface area contributed by atoms with Gasteiger partial charge in [-0.25, -0.2) is 4.98 Å². The largest absolute Gasteiger partial charge is 0.399 e. The standard InChI is InChI=1S/C13H8Cl2N2S/c14-9-3-1-2-8(12(9)15)13-17-10-5-4-7(16)6-11(10)18-13/h1-6H,16H2. The van der Waals surface area contributed by atoms with E-state index in [1.165, 1.54) is 0 Å². The zero-order valence-electron chi connectivity index (χ0n) is 9.15. The molecule has 0 saturated carbocycles. The van der Waals surface area contributed by atoms with E-state index in [9.17, 15) is 0 Å². The van der Waals surface area contributed by atoms with Gasteiger partial charge in [0, 0.05) is 11.3 Å². The Morgan fingerprint density at radius 2 is 1.94 bits per heavy atom. The Morgan fingerprint density at radius 1 is 1.11 bits per heavy atom. The van der Waals surface area contributed by atoms with Crippen molar-refractivity contribution in [3.63, 3.8) is 0 Å². The Morgan fingerprint density at radius 3 is 2.78 bits per heavy atom. The molecule has 0 aliphatic carbocycles. The average Bonchev–Trinajstić information content (AvgIpc) is 2.75. The quantitative estimate of drug-likeness (QED) is 0.652. The number of nitrogen functional groups attached to an aromatic ring is 1. The molecule has 1 heterocycles. The molecule has 0 atom stereocenters. The predicted molar refractivity (Wildman–Crippen MR) is 79.5 cm³/mol. The van der Waals surface area contributed by atoms with Gasteiger partial charge in [0.2, 0.25) is 0 Å². The smallest absolute Gasteiger partial charge is 0.126 e. The van der Waals surface area contributed by atoms with Gasteiger partial charge in [-0.3, -0.25) is 0 Å². The van der Waals surface area contributed by atoms with Crippen LogP contribution in [0.1, 0.15) is 0 Å². The van der Waals surface area contributed by atoms with Crippen molar-refractivity contribution in [2.24, 2.45) is 0 Å². The second-order valence-corrected chi connectivity index (χ2v) is 5.66. The number of nitrogens with two attached hydrogens (primary N) is 1. The maximum atomic E-state index is 6.20. The number of thiazole rings is 1. The van der Waals surface area contributed by atoms with Gasteiger partial charge in [0.1, 0.15) is 5.01 Å². The van der Waals surface area contributed by atoms with Crippen LogP contribution in [-0.2, 0) is 0 Å². The molecule has 90 valence electrons. The molecule has 5 heteroatoms. The summed E-state index contributed by atoms with van der Waals surface area (Å²) in [6.45, 7) is 0. The molecule has 3 aromatic rings. The van der Waals surface area contributed by atoms with Crippen LogP contribution in [0.25, 0.3) is 20.8 Å². The van der Waals surface area contributed by atoms with Gasteiger partial charge in [-0.05, 0) is 24.3 Å². The summed E-state index contributed by atoms with van der Waals surface area (Å²) in [4.78, 5) is 4.55. The molecule has 2 aromatic carbocycles. The predicted octanol–water partition coefficient (Wildman–Crippen LogP) is 4.85. The summed E-state index contributed by atoms with van der Waals surface area (Å²) in [5.41, 5.74) is 8.26. The van der Waals surface area contributed by atoms with Crippen molar-refractivity contribution < 1.29 is 0 Å². The summed E-state index contributed by atoms with van der Waals surface area (Å²) >= 11 is 13.8. The van der Waals surface area contributed by atoms with E-state index in [2.05, 4.69) is 4.98 Å². The van der Waals surface area contributed by atoms with Crippen LogP contribution in [0.3, 0.4) is 0 Å². The van der Waals surface area contributed by atoms with Gasteiger partial charge in [0.05, 0.1) is 20.3 Å². The Hall–Kier alpha value is -1.29. The lowest BCUT2D eigenvalue weighted by Crippen LogP contribution is -1.81. The van der Waals surface area contributed by atoms with Gasteiger partial charge in [-0.15, -0.1) is 11.3 Å². The van der Waals surface area contributed by atoms with E-state index >= 15 is 0 Å². The average molecular weight is 295 g/mol. The minimum atomic E-state index is 0.534. The van der Waals surface area contributed by atoms with Crippen molar-refractivity contribution in [1.29, 1.82) is 0 Å². The first-order valence-electron chi connectivity index (χ1n) is 5.25. The molecular formula is C13H8Cl2N2S. The van der Waals surface area contributed by atoms with Crippen LogP contribution in [0.2, 0.25) is 10.0 Å². The lowest BCUT2D eigenvalue weighted by atomic mass is 10.2. The lowest BCUT2D eigenvalue weighted by Gasteiger charge is -2.00. The molecule has 0 saturated heterocycles. The SMILES string of the molecule is Nc1ccc2nc(-c3cccc(Cl)c3Cl)sc2c1. The molecule has 0 bridgehead atoms. The highest BCUT2D eigenvalue weighted by molar-refractivity contribution is 7.21. The van der Waals surface area contributed by atoms with Crippen LogP contribution in [-0.4, -0.2) is 4.98 Å². The third-order valence-electron chi connectivity index (χ3n) is 2.59. The lowest BCUT2D eigenvalue weighted by molar-refractivity contribution is 1.48. The van der Waals surface area contributed by atoms with Crippen molar-refractivity contribution in [3.8, 4) is 10.6 Å². The molecule has 0 aliphatic heterocycles. The Kier molecular flexibility index (Phi) is 2.90. The van der Waals surface area contributed by atoms with Crippen molar-refractivity contribution in [2.75, 3.05) is 5.73 Å². The third-order valence-corrected chi connectivity index (χ3v) is 4.46. The zero-order chi connectivity index (χ0) is 12.7. The summed E-state index contributed by atoms with van der Waals surface area (Å²) in [6, 6.07) is 11.2. The summed E-state index contributed by atoms with van der Waals surface area (Å²) in [5.74, 6) is 0. The third kappa shape index (κ3) is 1.94. The van der Waals surface area contributed by atoms with Gasteiger partial charge in [0.15, 0.2) is 0 Å². The summed E-state index contributed by atoms with van der Waals surface area (Å²) in [5, 5.41) is 1.92. The van der Waals surface area contributed by atoms with Gasteiger partial charge < -0.3 is 5.73 Å². The first-order chi connectivity index (χ1) is 8.65. The molecule has 0 spiro atoms. The first-order valence-corrected chi connectivity index (χ1v) is 6.83. The van der Waals surface area contributed by atoms with Crippen molar-refractivity contribution >= 4 is 50.4 Å². The fourth-order valence-electron chi connectivity index (χ4n) is 1.73. The van der Waals surface area contributed by atoms with Crippen LogP contribution < -0.4 is 5.73 Å². The van der Waals surface area contributed by atoms with Crippen LogP contribution in [0.15, 0.2) is 36.4 Å². The number of benzene rings is 2. The number of hydrogen-bond donors (Lipinski definition) is 1. The fourth-order valence-corrected chi connectivity index (χ4v) is 3.22. The number of rotatable bonds is 1. The monoisotopic (exact) mass is 294 g/mol. The van der Waals surface area contributed by atoms with Crippen LogP contribution in [0, 0.1) is 0 Å². The molecule has 0 amide bonds. The molecular weight excluding hydrogens is 287 g/mol. The number of aromatic nitrogens is 1. The van der Waals surface area contributed by atoms with E-state index in [4.69, 9.17) is 28.9 Å². The summed E-state index contributed by atoms with van der Waals surface area (Å²) in [6.07, 6.45) is 0. The molecule has 3 rings (SSSR count). The fraction of sp³-hybridized carbons (Fsp3) is 0. The first kappa shape index (κ1) is 11.8. The molecule has 0 aliphatic rings. The number of halogens is 2. The van der Waals surface area contributed by atoms with Crippen LogP contribution >= 0.6 is 34.5 Å². The second-order valence-electron chi connectivity index (χ2n) is 3.85. The number of nitrogens with zero attached hydrogens (tertiary/aromatic N) is 1. The minimum Gasteiger partial charge on any atom is -0.399 e. The van der Waals surface area contributed by atoms with Gasteiger partial charge in [-0.2, -0.15) is 0 Å². The maximum absolute atomic E-state index is 6.20. The molecule has 18 heavy (non-hydrogen) atoms. The molecule has 0 fully saturated rings. The van der Waals surface area contributed by atoms with Crippen molar-refractivity contribution in [1.82, 2.24) is 4.98 Å². The van der Waals surface area contributed by atoms with Gasteiger partial charge in [0.25, 0.3) is 0 Å². The van der Waals surface area contributed by atoms with E-state index in [1.54, 1.807) is 17.4 Å². The molecule has 0 radical (unpaired) electrons. The molecule has 2 N–H and O–H groups in total. The van der Waals surface area contributed by atoms with E-state index < -0.39 is 0 Å². The number of fused-ring (bicyclic) bond motifs is 1. The van der Waals surface area contributed by atoms with Crippen LogP contribution in [0.5, 0.6) is 0 Å². The maximum Gasteiger partial charge on any atom is 0.126 e. The zero-order valence-corrected chi connectivity index (χ0v) is 11.5. The molecule has 1 aromatic heterocycles. The highest BCUT2D eigenvalue weighted by atomic mass is 35.5. The summed E-state index contributed by atoms with van der Waals surface area (Å²) in [7, 11) is 0. The van der Waals surface area contributed by atoms with E-state index in [0.717, 1.165) is 26.5 Å². The molecule has 2 nitrogen and oxygen atoms in total. The van der Waals surface area contributed by atoms with Crippen LogP contribution in [0.4, 0.5) is 5.69 Å². The van der Waals surface area contributed by atoms with Crippen molar-refractivity contribution in [3.05, 3.63) is 46.4 Å². The Balaban J connectivity index is 2.22. The highest BCUT2D eigenvalue weighted by Gasteiger charge is 2.11. The van der Waals surface area contributed by atoms with E-state index in [1.807, 2.05) is 30.3 Å². The number of anilines is 1. The Labute approximate surface area is 118 Å². The Bertz CT molecular complexity index is 737. The van der Waals surface area contributed by atoms with Gasteiger partial charge >= 0.3 is 0 Å². The highest BCUT2D eigenvalue weighted by Crippen LogP contribution is 2.37. The minimum absolute atomic E-state index is 0.534. The molecule has 0 unspecified atom stereocenters. The number of hydrogen-bond acceptors (Lipinski definition) is 3. The second kappa shape index (κ2) is 4.43.